The van der Waals surface area contributed by atoms with Gasteiger partial charge in [0.15, 0.2) is 0 Å². The Labute approximate surface area is 130 Å². The maximum atomic E-state index is 12.3. The van der Waals surface area contributed by atoms with Crippen LogP contribution in [0.4, 0.5) is 0 Å². The molecule has 1 aliphatic carbocycles. The third kappa shape index (κ3) is 4.69. The van der Waals surface area contributed by atoms with E-state index in [1.165, 1.54) is 37.7 Å². The van der Waals surface area contributed by atoms with Crippen LogP contribution in [-0.2, 0) is 4.79 Å². The second-order valence-electron chi connectivity index (χ2n) is 6.79. The lowest BCUT2D eigenvalue weighted by molar-refractivity contribution is -0.120. The predicted molar refractivity (Wildman–Crippen MR) is 89.5 cm³/mol. The fraction of sp³-hybridized carbons (Fsp3) is 0.650. The molecule has 1 nitrogen and oxygen atoms in total. The monoisotopic (exact) mass is 286 g/mol. The molecule has 1 heteroatoms. The summed E-state index contributed by atoms with van der Waals surface area (Å²) in [5, 5.41) is 0. The summed E-state index contributed by atoms with van der Waals surface area (Å²) in [7, 11) is 0. The lowest BCUT2D eigenvalue weighted by Gasteiger charge is -2.22. The third-order valence-corrected chi connectivity index (χ3v) is 5.18. The molecule has 0 radical (unpaired) electrons. The quantitative estimate of drug-likeness (QED) is 0.556. The van der Waals surface area contributed by atoms with Gasteiger partial charge in [-0.3, -0.25) is 4.79 Å². The minimum Gasteiger partial charge on any atom is -0.300 e. The molecule has 116 valence electrons. The van der Waals surface area contributed by atoms with Crippen LogP contribution in [0.5, 0.6) is 0 Å². The van der Waals surface area contributed by atoms with E-state index in [1.807, 2.05) is 0 Å². The average Bonchev–Trinajstić information content (AvgIpc) is 2.86. The zero-order valence-electron chi connectivity index (χ0n) is 13.7. The summed E-state index contributed by atoms with van der Waals surface area (Å²) in [5.41, 5.74) is 1.44. The van der Waals surface area contributed by atoms with Gasteiger partial charge in [0, 0.05) is 12.8 Å². The Morgan fingerprint density at radius 3 is 2.57 bits per heavy atom. The maximum absolute atomic E-state index is 12.3. The molecule has 0 aromatic heterocycles. The van der Waals surface area contributed by atoms with Crippen LogP contribution in [0.15, 0.2) is 30.3 Å². The molecule has 21 heavy (non-hydrogen) atoms. The van der Waals surface area contributed by atoms with Crippen molar-refractivity contribution in [2.75, 3.05) is 0 Å². The lowest BCUT2D eigenvalue weighted by atomic mass is 9.81. The van der Waals surface area contributed by atoms with E-state index in [1.54, 1.807) is 0 Å². The van der Waals surface area contributed by atoms with Gasteiger partial charge in [-0.15, -0.1) is 0 Å². The van der Waals surface area contributed by atoms with Crippen molar-refractivity contribution in [2.24, 2.45) is 11.8 Å². The van der Waals surface area contributed by atoms with Crippen LogP contribution in [0.3, 0.4) is 0 Å². The Kier molecular flexibility index (Phi) is 6.48. The van der Waals surface area contributed by atoms with Crippen molar-refractivity contribution in [3.05, 3.63) is 35.9 Å². The van der Waals surface area contributed by atoms with Gasteiger partial charge in [-0.2, -0.15) is 0 Å². The summed E-state index contributed by atoms with van der Waals surface area (Å²) in [6, 6.07) is 10.8. The Balaban J connectivity index is 1.89. The zero-order valence-corrected chi connectivity index (χ0v) is 13.7. The van der Waals surface area contributed by atoms with Crippen LogP contribution in [0.25, 0.3) is 0 Å². The van der Waals surface area contributed by atoms with E-state index in [0.29, 0.717) is 23.5 Å². The summed E-state index contributed by atoms with van der Waals surface area (Å²) in [6.07, 6.45) is 8.92. The molecule has 1 aromatic carbocycles. The molecule has 1 saturated carbocycles. The molecule has 0 aliphatic heterocycles. The number of carbonyl (C=O) groups excluding carboxylic acids is 1. The third-order valence-electron chi connectivity index (χ3n) is 5.18. The van der Waals surface area contributed by atoms with Crippen molar-refractivity contribution in [1.29, 1.82) is 0 Å². The fourth-order valence-corrected chi connectivity index (χ4v) is 3.84. The highest BCUT2D eigenvalue weighted by Crippen LogP contribution is 2.45. The molecule has 2 rings (SSSR count). The molecule has 0 spiro atoms. The first kappa shape index (κ1) is 16.3. The first-order chi connectivity index (χ1) is 10.2. The second-order valence-corrected chi connectivity index (χ2v) is 6.79. The van der Waals surface area contributed by atoms with Crippen LogP contribution in [0.2, 0.25) is 0 Å². The SMILES string of the molecule is CCCCCCC(=O)C[C@@H]1[C@@H](c2ccccc2)CC[C@@H]1C. The average molecular weight is 286 g/mol. The van der Waals surface area contributed by atoms with Crippen LogP contribution in [0, 0.1) is 11.8 Å². The predicted octanol–water partition coefficient (Wildman–Crippen LogP) is 5.75. The summed E-state index contributed by atoms with van der Waals surface area (Å²) in [6.45, 7) is 4.55. The normalized spacial score (nSPS) is 25.1. The van der Waals surface area contributed by atoms with E-state index < -0.39 is 0 Å². The van der Waals surface area contributed by atoms with E-state index in [0.717, 1.165) is 19.3 Å². The van der Waals surface area contributed by atoms with E-state index >= 15 is 0 Å². The molecule has 0 saturated heterocycles. The molecule has 1 fully saturated rings. The van der Waals surface area contributed by atoms with E-state index in [2.05, 4.69) is 44.2 Å². The van der Waals surface area contributed by atoms with Gasteiger partial charge in [0.25, 0.3) is 0 Å². The topological polar surface area (TPSA) is 17.1 Å². The number of hydrogen-bond acceptors (Lipinski definition) is 1. The number of hydrogen-bond donors (Lipinski definition) is 0. The number of Topliss-reactive ketones (excluding diaryl/α,β-unsaturated/α-hetero) is 1. The Morgan fingerprint density at radius 1 is 1.10 bits per heavy atom. The van der Waals surface area contributed by atoms with Crippen molar-refractivity contribution in [1.82, 2.24) is 0 Å². The van der Waals surface area contributed by atoms with Crippen molar-refractivity contribution >= 4 is 5.78 Å². The highest BCUT2D eigenvalue weighted by atomic mass is 16.1. The molecule has 0 N–H and O–H groups in total. The van der Waals surface area contributed by atoms with Crippen LogP contribution in [0.1, 0.15) is 76.7 Å². The van der Waals surface area contributed by atoms with E-state index in [9.17, 15) is 4.79 Å². The molecule has 0 unspecified atom stereocenters. The number of benzene rings is 1. The van der Waals surface area contributed by atoms with Crippen LogP contribution < -0.4 is 0 Å². The van der Waals surface area contributed by atoms with E-state index in [4.69, 9.17) is 0 Å². The molecule has 1 aromatic rings. The van der Waals surface area contributed by atoms with Gasteiger partial charge in [-0.05, 0) is 42.6 Å². The van der Waals surface area contributed by atoms with Gasteiger partial charge >= 0.3 is 0 Å². The number of carbonyl (C=O) groups is 1. The molecule has 3 atom stereocenters. The van der Waals surface area contributed by atoms with Crippen molar-refractivity contribution in [2.45, 2.75) is 71.1 Å². The second kappa shape index (κ2) is 8.36. The highest BCUT2D eigenvalue weighted by Gasteiger charge is 2.35. The molecule has 0 bridgehead atoms. The minimum atomic E-state index is 0.491. The van der Waals surface area contributed by atoms with Crippen molar-refractivity contribution in [3.63, 3.8) is 0 Å². The van der Waals surface area contributed by atoms with Crippen LogP contribution in [-0.4, -0.2) is 5.78 Å². The lowest BCUT2D eigenvalue weighted by Crippen LogP contribution is -2.16. The number of unbranched alkanes of at least 4 members (excludes halogenated alkanes) is 3. The number of rotatable bonds is 8. The summed E-state index contributed by atoms with van der Waals surface area (Å²) >= 11 is 0. The van der Waals surface area contributed by atoms with Crippen LogP contribution >= 0.6 is 0 Å². The van der Waals surface area contributed by atoms with Crippen molar-refractivity contribution in [3.8, 4) is 0 Å². The maximum Gasteiger partial charge on any atom is 0.133 e. The zero-order chi connectivity index (χ0) is 15.1. The van der Waals surface area contributed by atoms with Crippen molar-refractivity contribution < 1.29 is 4.79 Å². The summed E-state index contributed by atoms with van der Waals surface area (Å²) < 4.78 is 0. The molecule has 0 amide bonds. The molecule has 1 aliphatic rings. The fourth-order valence-electron chi connectivity index (χ4n) is 3.84. The number of ketones is 1. The first-order valence-electron chi connectivity index (χ1n) is 8.79. The Morgan fingerprint density at radius 2 is 1.86 bits per heavy atom. The Hall–Kier alpha value is -1.11. The van der Waals surface area contributed by atoms with Gasteiger partial charge in [-0.25, -0.2) is 0 Å². The van der Waals surface area contributed by atoms with Gasteiger partial charge in [-0.1, -0.05) is 63.4 Å². The summed E-state index contributed by atoms with van der Waals surface area (Å²) in [5.74, 6) is 2.34. The molecule has 0 heterocycles. The first-order valence-corrected chi connectivity index (χ1v) is 8.79. The largest absolute Gasteiger partial charge is 0.300 e. The van der Waals surface area contributed by atoms with Gasteiger partial charge < -0.3 is 0 Å². The minimum absolute atomic E-state index is 0.491. The van der Waals surface area contributed by atoms with Gasteiger partial charge in [0.1, 0.15) is 5.78 Å². The summed E-state index contributed by atoms with van der Waals surface area (Å²) in [4.78, 5) is 12.3. The molecular formula is C20H30O. The van der Waals surface area contributed by atoms with Gasteiger partial charge in [0.05, 0.1) is 0 Å². The highest BCUT2D eigenvalue weighted by molar-refractivity contribution is 5.78. The Bertz CT molecular complexity index is 423. The standard InChI is InChI=1S/C20H30O/c1-3-4-5-9-12-18(21)15-20-16(2)13-14-19(20)17-10-7-6-8-11-17/h6-8,10-11,16,19-20H,3-5,9,12-15H2,1-2H3/t16-,19+,20-/m0/s1. The smallest absolute Gasteiger partial charge is 0.133 e. The van der Waals surface area contributed by atoms with E-state index in [-0.39, 0.29) is 0 Å². The molecular weight excluding hydrogens is 256 g/mol. The van der Waals surface area contributed by atoms with Gasteiger partial charge in [0.2, 0.25) is 0 Å².